The third-order valence-electron chi connectivity index (χ3n) is 4.16. The van der Waals surface area contributed by atoms with Gasteiger partial charge in [0, 0.05) is 16.8 Å². The highest BCUT2D eigenvalue weighted by molar-refractivity contribution is 5.79. The van der Waals surface area contributed by atoms with Gasteiger partial charge >= 0.3 is 6.01 Å². The van der Waals surface area contributed by atoms with Crippen molar-refractivity contribution in [2.24, 2.45) is 0 Å². The number of unbranched alkanes of at least 4 members (excludes halogenated alkanes) is 1. The topological polar surface area (TPSA) is 69.2 Å². The van der Waals surface area contributed by atoms with Crippen LogP contribution >= 0.6 is 0 Å². The minimum atomic E-state index is -0.376. The summed E-state index contributed by atoms with van der Waals surface area (Å²) in [5.41, 5.74) is 3.44. The van der Waals surface area contributed by atoms with Gasteiger partial charge in [-0.2, -0.15) is 4.98 Å². The number of anilines is 1. The molecule has 4 rings (SSSR count). The van der Waals surface area contributed by atoms with Crippen LogP contribution in [-0.2, 0) is 0 Å². The highest BCUT2D eigenvalue weighted by Crippen LogP contribution is 2.39. The largest absolute Gasteiger partial charge is 0.462 e. The van der Waals surface area contributed by atoms with Gasteiger partial charge in [0.25, 0.3) is 0 Å². The molecule has 1 atom stereocenters. The van der Waals surface area contributed by atoms with Crippen LogP contribution in [0.3, 0.4) is 0 Å². The zero-order chi connectivity index (χ0) is 17.8. The molecule has 1 unspecified atom stereocenters. The summed E-state index contributed by atoms with van der Waals surface area (Å²) in [6, 6.07) is 18.1. The normalized spacial score (nSPS) is 15.0. The second-order valence-electron chi connectivity index (χ2n) is 6.05. The van der Waals surface area contributed by atoms with Crippen molar-refractivity contribution in [3.8, 4) is 23.1 Å². The molecule has 0 radical (unpaired) electrons. The fourth-order valence-electron chi connectivity index (χ4n) is 2.79. The van der Waals surface area contributed by atoms with Crippen LogP contribution in [0.1, 0.15) is 31.6 Å². The lowest BCUT2D eigenvalue weighted by Crippen LogP contribution is -2.17. The number of hydrogen-bond acceptors (Lipinski definition) is 6. The Morgan fingerprint density at radius 1 is 1.04 bits per heavy atom. The number of nitrogens with one attached hydrogen (secondary N) is 1. The van der Waals surface area contributed by atoms with Crippen molar-refractivity contribution >= 4 is 5.69 Å². The third-order valence-corrected chi connectivity index (χ3v) is 4.16. The second kappa shape index (κ2) is 7.39. The Kier molecular flexibility index (Phi) is 4.64. The molecule has 1 N–H and O–H groups in total. The Morgan fingerprint density at radius 3 is 2.69 bits per heavy atom. The van der Waals surface area contributed by atoms with Crippen molar-refractivity contribution in [2.45, 2.75) is 26.0 Å². The van der Waals surface area contributed by atoms with E-state index in [9.17, 15) is 0 Å². The number of ether oxygens (including phenoxy) is 2. The minimum absolute atomic E-state index is 0.239. The summed E-state index contributed by atoms with van der Waals surface area (Å²) in [6.07, 6.45) is 1.61. The summed E-state index contributed by atoms with van der Waals surface area (Å²) in [5, 5.41) is 11.9. The molecule has 2 heterocycles. The Morgan fingerprint density at radius 2 is 1.85 bits per heavy atom. The van der Waals surface area contributed by atoms with Crippen LogP contribution in [0.15, 0.2) is 54.6 Å². The molecule has 0 fully saturated rings. The van der Waals surface area contributed by atoms with Crippen molar-refractivity contribution < 1.29 is 9.47 Å². The molecule has 0 saturated heterocycles. The average molecular weight is 348 g/mol. The summed E-state index contributed by atoms with van der Waals surface area (Å²) in [4.78, 5) is 4.46. The molecule has 2 aromatic carbocycles. The predicted octanol–water partition coefficient (Wildman–Crippen LogP) is 4.22. The number of para-hydroxylation sites is 1. The van der Waals surface area contributed by atoms with Crippen molar-refractivity contribution in [3.05, 3.63) is 60.2 Å². The Hall–Kier alpha value is -3.15. The number of hydrogen-bond donors (Lipinski definition) is 1. The molecule has 0 bridgehead atoms. The van der Waals surface area contributed by atoms with Gasteiger partial charge < -0.3 is 14.8 Å². The number of fused-ring (bicyclic) bond motifs is 3. The van der Waals surface area contributed by atoms with E-state index in [4.69, 9.17) is 9.47 Å². The molecule has 3 aromatic rings. The summed E-state index contributed by atoms with van der Waals surface area (Å²) in [6.45, 7) is 2.67. The SMILES string of the molecule is CCCCOc1nnc2c(n1)OC(c1ccccc1)Nc1ccccc1-2. The minimum Gasteiger partial charge on any atom is -0.462 e. The summed E-state index contributed by atoms with van der Waals surface area (Å²) in [5.74, 6) is 0.415. The van der Waals surface area contributed by atoms with Gasteiger partial charge in [0.2, 0.25) is 5.88 Å². The van der Waals surface area contributed by atoms with Crippen LogP contribution in [0.2, 0.25) is 0 Å². The van der Waals surface area contributed by atoms with Gasteiger partial charge in [0.05, 0.1) is 6.61 Å². The molecule has 1 aliphatic rings. The summed E-state index contributed by atoms with van der Waals surface area (Å²) in [7, 11) is 0. The molecule has 1 aliphatic heterocycles. The van der Waals surface area contributed by atoms with Crippen molar-refractivity contribution in [1.29, 1.82) is 0 Å². The Bertz CT molecular complexity index is 886. The van der Waals surface area contributed by atoms with Crippen LogP contribution in [0.25, 0.3) is 11.3 Å². The molecule has 0 amide bonds. The van der Waals surface area contributed by atoms with E-state index in [1.165, 1.54) is 0 Å². The van der Waals surface area contributed by atoms with Crippen LogP contribution < -0.4 is 14.8 Å². The summed E-state index contributed by atoms with van der Waals surface area (Å²) >= 11 is 0. The lowest BCUT2D eigenvalue weighted by Gasteiger charge is -2.19. The van der Waals surface area contributed by atoms with Gasteiger partial charge in [-0.1, -0.05) is 67.0 Å². The Labute approximate surface area is 152 Å². The smallest absolute Gasteiger partial charge is 0.339 e. The third kappa shape index (κ3) is 3.31. The van der Waals surface area contributed by atoms with E-state index in [0.717, 1.165) is 29.7 Å². The lowest BCUT2D eigenvalue weighted by atomic mass is 10.1. The van der Waals surface area contributed by atoms with Crippen molar-refractivity contribution in [1.82, 2.24) is 15.2 Å². The van der Waals surface area contributed by atoms with Crippen LogP contribution in [0.4, 0.5) is 5.69 Å². The maximum Gasteiger partial charge on any atom is 0.339 e. The average Bonchev–Trinajstić information content (AvgIpc) is 2.85. The van der Waals surface area contributed by atoms with Gasteiger partial charge in [0.15, 0.2) is 11.9 Å². The number of rotatable bonds is 5. The zero-order valence-electron chi connectivity index (χ0n) is 14.6. The first-order chi connectivity index (χ1) is 12.8. The van der Waals surface area contributed by atoms with Gasteiger partial charge in [0.1, 0.15) is 0 Å². The number of nitrogens with zero attached hydrogens (tertiary/aromatic N) is 3. The predicted molar refractivity (Wildman–Crippen MR) is 99.1 cm³/mol. The van der Waals surface area contributed by atoms with E-state index in [1.807, 2.05) is 54.6 Å². The quantitative estimate of drug-likeness (QED) is 0.696. The van der Waals surface area contributed by atoms with Crippen LogP contribution in [-0.4, -0.2) is 21.8 Å². The Balaban J connectivity index is 1.74. The first-order valence-corrected chi connectivity index (χ1v) is 8.80. The second-order valence-corrected chi connectivity index (χ2v) is 6.05. The monoisotopic (exact) mass is 348 g/mol. The first-order valence-electron chi connectivity index (χ1n) is 8.80. The van der Waals surface area contributed by atoms with Crippen molar-refractivity contribution in [2.75, 3.05) is 11.9 Å². The molecule has 6 heteroatoms. The molecular weight excluding hydrogens is 328 g/mol. The van der Waals surface area contributed by atoms with Crippen molar-refractivity contribution in [3.63, 3.8) is 0 Å². The van der Waals surface area contributed by atoms with Gasteiger partial charge in [-0.15, -0.1) is 5.10 Å². The van der Waals surface area contributed by atoms with E-state index < -0.39 is 0 Å². The molecule has 1 aromatic heterocycles. The fraction of sp³-hybridized carbons (Fsp3) is 0.250. The zero-order valence-corrected chi connectivity index (χ0v) is 14.6. The molecular formula is C20H20N4O2. The highest BCUT2D eigenvalue weighted by Gasteiger charge is 2.26. The molecule has 0 spiro atoms. The maximum atomic E-state index is 6.17. The van der Waals surface area contributed by atoms with Gasteiger partial charge in [-0.05, 0) is 12.5 Å². The molecule has 6 nitrogen and oxygen atoms in total. The summed E-state index contributed by atoms with van der Waals surface area (Å²) < 4.78 is 11.8. The fourth-order valence-corrected chi connectivity index (χ4v) is 2.79. The molecule has 26 heavy (non-hydrogen) atoms. The number of aromatic nitrogens is 3. The van der Waals surface area contributed by atoms with E-state index in [0.29, 0.717) is 18.2 Å². The van der Waals surface area contributed by atoms with E-state index >= 15 is 0 Å². The first kappa shape index (κ1) is 16.3. The van der Waals surface area contributed by atoms with E-state index in [1.54, 1.807) is 0 Å². The van der Waals surface area contributed by atoms with Crippen LogP contribution in [0.5, 0.6) is 11.9 Å². The molecule has 0 saturated carbocycles. The standard InChI is InChI=1S/C20H20N4O2/c1-2-3-13-25-20-22-19-17(23-24-20)15-11-7-8-12-16(15)21-18(26-19)14-9-5-4-6-10-14/h4-12,18,21H,2-3,13H2,1H3. The lowest BCUT2D eigenvalue weighted by molar-refractivity contribution is 0.217. The molecule has 132 valence electrons. The molecule has 0 aliphatic carbocycles. The van der Waals surface area contributed by atoms with Gasteiger partial charge in [-0.25, -0.2) is 0 Å². The van der Waals surface area contributed by atoms with Gasteiger partial charge in [-0.3, -0.25) is 0 Å². The highest BCUT2D eigenvalue weighted by atomic mass is 16.5. The van der Waals surface area contributed by atoms with Crippen LogP contribution in [0, 0.1) is 0 Å². The van der Waals surface area contributed by atoms with E-state index in [-0.39, 0.29) is 12.2 Å². The maximum absolute atomic E-state index is 6.17. The number of benzene rings is 2. The van der Waals surface area contributed by atoms with E-state index in [2.05, 4.69) is 27.4 Å².